The molecule has 152 valence electrons. The number of fused-ring (bicyclic) bond motifs is 3. The molecule has 5 aromatic rings. The van der Waals surface area contributed by atoms with Crippen molar-refractivity contribution >= 4 is 33.9 Å². The molecule has 0 unspecified atom stereocenters. The molecular formula is C23H19N7O. The third-order valence-corrected chi connectivity index (χ3v) is 4.95. The molecule has 5 rings (SSSR count). The van der Waals surface area contributed by atoms with Crippen LogP contribution in [0.2, 0.25) is 0 Å². The van der Waals surface area contributed by atoms with E-state index in [1.807, 2.05) is 67.5 Å². The van der Waals surface area contributed by atoms with Crippen LogP contribution in [0.1, 0.15) is 0 Å². The molecule has 3 heterocycles. The molecule has 0 saturated carbocycles. The Labute approximate surface area is 177 Å². The number of nitrogens with one attached hydrogen (secondary N) is 1. The average Bonchev–Trinajstić information content (AvgIpc) is 3.14. The van der Waals surface area contributed by atoms with Crippen molar-refractivity contribution in [2.75, 3.05) is 24.3 Å². The Morgan fingerprint density at radius 3 is 2.48 bits per heavy atom. The van der Waals surface area contributed by atoms with Crippen molar-refractivity contribution in [1.29, 1.82) is 0 Å². The SMILES string of the molecule is CN(C)c1ccc(-c2nc3c4ccccc4nc(Nc4ccccnc4=O)n3n2)cc1. The molecule has 0 fully saturated rings. The lowest BCUT2D eigenvalue weighted by Crippen LogP contribution is -2.11. The van der Waals surface area contributed by atoms with E-state index >= 15 is 0 Å². The fourth-order valence-electron chi connectivity index (χ4n) is 3.34. The Hall–Kier alpha value is -4.33. The monoisotopic (exact) mass is 409 g/mol. The van der Waals surface area contributed by atoms with E-state index in [0.717, 1.165) is 22.2 Å². The summed E-state index contributed by atoms with van der Waals surface area (Å²) in [6, 6.07) is 20.8. The molecule has 31 heavy (non-hydrogen) atoms. The van der Waals surface area contributed by atoms with Gasteiger partial charge < -0.3 is 10.2 Å². The van der Waals surface area contributed by atoms with Crippen molar-refractivity contribution in [2.24, 2.45) is 0 Å². The predicted octanol–water partition coefficient (Wildman–Crippen LogP) is 3.51. The highest BCUT2D eigenvalue weighted by Crippen LogP contribution is 2.26. The van der Waals surface area contributed by atoms with E-state index in [9.17, 15) is 4.79 Å². The summed E-state index contributed by atoms with van der Waals surface area (Å²) in [6.07, 6.45) is 1.46. The Morgan fingerprint density at radius 1 is 0.903 bits per heavy atom. The summed E-state index contributed by atoms with van der Waals surface area (Å²) in [5, 5.41) is 8.65. The van der Waals surface area contributed by atoms with Gasteiger partial charge in [0.05, 0.1) is 5.52 Å². The minimum Gasteiger partial charge on any atom is -0.378 e. The van der Waals surface area contributed by atoms with Crippen LogP contribution in [0.4, 0.5) is 17.3 Å². The number of nitrogens with zero attached hydrogens (tertiary/aromatic N) is 6. The molecule has 1 N–H and O–H groups in total. The van der Waals surface area contributed by atoms with Gasteiger partial charge in [0.15, 0.2) is 11.5 Å². The summed E-state index contributed by atoms with van der Waals surface area (Å²) in [4.78, 5) is 27.7. The second kappa shape index (κ2) is 7.49. The first-order valence-corrected chi connectivity index (χ1v) is 9.76. The molecule has 3 aromatic heterocycles. The number of hydrogen-bond donors (Lipinski definition) is 1. The van der Waals surface area contributed by atoms with E-state index in [1.54, 1.807) is 22.7 Å². The van der Waals surface area contributed by atoms with Crippen LogP contribution < -0.4 is 15.8 Å². The van der Waals surface area contributed by atoms with Crippen molar-refractivity contribution in [1.82, 2.24) is 24.6 Å². The van der Waals surface area contributed by atoms with Crippen molar-refractivity contribution in [3.8, 4) is 11.4 Å². The minimum atomic E-state index is -0.382. The summed E-state index contributed by atoms with van der Waals surface area (Å²) in [5.41, 5.74) is 3.31. The molecule has 2 aromatic carbocycles. The summed E-state index contributed by atoms with van der Waals surface area (Å²) in [6.45, 7) is 0. The number of benzene rings is 2. The van der Waals surface area contributed by atoms with Crippen LogP contribution in [-0.2, 0) is 0 Å². The first-order valence-electron chi connectivity index (χ1n) is 9.76. The van der Waals surface area contributed by atoms with Crippen LogP contribution in [0.5, 0.6) is 0 Å². The minimum absolute atomic E-state index is 0.307. The summed E-state index contributed by atoms with van der Waals surface area (Å²) in [5.74, 6) is 0.966. The quantitative estimate of drug-likeness (QED) is 0.486. The van der Waals surface area contributed by atoms with Gasteiger partial charge in [0.2, 0.25) is 5.95 Å². The second-order valence-electron chi connectivity index (χ2n) is 7.24. The predicted molar refractivity (Wildman–Crippen MR) is 122 cm³/mol. The Bertz CT molecular complexity index is 1460. The van der Waals surface area contributed by atoms with E-state index < -0.39 is 0 Å². The van der Waals surface area contributed by atoms with E-state index in [1.165, 1.54) is 6.20 Å². The molecule has 0 spiro atoms. The Balaban J connectivity index is 1.70. The molecule has 8 heteroatoms. The number of para-hydroxylation sites is 1. The highest BCUT2D eigenvalue weighted by Gasteiger charge is 2.15. The van der Waals surface area contributed by atoms with E-state index in [2.05, 4.69) is 15.3 Å². The van der Waals surface area contributed by atoms with Gasteiger partial charge in [-0.3, -0.25) is 4.79 Å². The smallest absolute Gasteiger partial charge is 0.293 e. The van der Waals surface area contributed by atoms with Crippen molar-refractivity contribution in [3.05, 3.63) is 83.3 Å². The van der Waals surface area contributed by atoms with Crippen LogP contribution >= 0.6 is 0 Å². The van der Waals surface area contributed by atoms with Crippen molar-refractivity contribution in [2.45, 2.75) is 0 Å². The fourth-order valence-corrected chi connectivity index (χ4v) is 3.34. The fraction of sp³-hybridized carbons (Fsp3) is 0.0870. The van der Waals surface area contributed by atoms with Crippen molar-refractivity contribution in [3.63, 3.8) is 0 Å². The first-order chi connectivity index (χ1) is 15.1. The molecule has 0 atom stereocenters. The van der Waals surface area contributed by atoms with E-state index in [0.29, 0.717) is 23.1 Å². The van der Waals surface area contributed by atoms with Crippen molar-refractivity contribution < 1.29 is 0 Å². The third kappa shape index (κ3) is 3.44. The zero-order chi connectivity index (χ0) is 21.4. The maximum absolute atomic E-state index is 12.3. The number of rotatable bonds is 4. The second-order valence-corrected chi connectivity index (χ2v) is 7.24. The largest absolute Gasteiger partial charge is 0.378 e. The molecular weight excluding hydrogens is 390 g/mol. The molecule has 0 aliphatic rings. The molecule has 0 bridgehead atoms. The molecule has 0 radical (unpaired) electrons. The molecule has 0 aliphatic carbocycles. The van der Waals surface area contributed by atoms with Crippen LogP contribution in [0, 0.1) is 0 Å². The van der Waals surface area contributed by atoms with Crippen LogP contribution in [0.3, 0.4) is 0 Å². The van der Waals surface area contributed by atoms with Gasteiger partial charge in [0.1, 0.15) is 5.69 Å². The van der Waals surface area contributed by atoms with E-state index in [-0.39, 0.29) is 5.56 Å². The molecule has 0 amide bonds. The van der Waals surface area contributed by atoms with Gasteiger partial charge in [0.25, 0.3) is 5.56 Å². The lowest BCUT2D eigenvalue weighted by atomic mass is 10.2. The normalized spacial score (nSPS) is 11.0. The number of aromatic nitrogens is 5. The van der Waals surface area contributed by atoms with Gasteiger partial charge in [-0.05, 0) is 48.5 Å². The summed E-state index contributed by atoms with van der Waals surface area (Å²) in [7, 11) is 3.99. The van der Waals surface area contributed by atoms with Gasteiger partial charge in [-0.25, -0.2) is 15.0 Å². The van der Waals surface area contributed by atoms with Crippen LogP contribution in [0.15, 0.2) is 77.7 Å². The first kappa shape index (κ1) is 18.7. The Morgan fingerprint density at radius 2 is 1.68 bits per heavy atom. The van der Waals surface area contributed by atoms with Crippen LogP contribution in [-0.4, -0.2) is 38.7 Å². The van der Waals surface area contributed by atoms with Gasteiger partial charge in [0, 0.05) is 36.9 Å². The molecule has 8 nitrogen and oxygen atoms in total. The van der Waals surface area contributed by atoms with Gasteiger partial charge in [-0.2, -0.15) is 4.52 Å². The maximum Gasteiger partial charge on any atom is 0.293 e. The van der Waals surface area contributed by atoms with Crippen LogP contribution in [0.25, 0.3) is 27.9 Å². The molecule has 0 aliphatic heterocycles. The number of hydrogen-bond acceptors (Lipinski definition) is 7. The summed E-state index contributed by atoms with van der Waals surface area (Å²) >= 11 is 0. The highest BCUT2D eigenvalue weighted by molar-refractivity contribution is 5.93. The zero-order valence-corrected chi connectivity index (χ0v) is 17.0. The van der Waals surface area contributed by atoms with Gasteiger partial charge in [-0.1, -0.05) is 18.2 Å². The molecule has 0 saturated heterocycles. The number of anilines is 3. The third-order valence-electron chi connectivity index (χ3n) is 4.95. The van der Waals surface area contributed by atoms with Gasteiger partial charge >= 0.3 is 0 Å². The zero-order valence-electron chi connectivity index (χ0n) is 17.0. The average molecular weight is 409 g/mol. The lowest BCUT2D eigenvalue weighted by molar-refractivity contribution is 0.947. The van der Waals surface area contributed by atoms with Gasteiger partial charge in [-0.15, -0.1) is 5.10 Å². The Kier molecular flexibility index (Phi) is 4.51. The summed E-state index contributed by atoms with van der Waals surface area (Å²) < 4.78 is 1.63. The maximum atomic E-state index is 12.3. The lowest BCUT2D eigenvalue weighted by Gasteiger charge is -2.11. The topological polar surface area (TPSA) is 88.3 Å². The standard InChI is InChI=1S/C23H19N7O/c1-29(2)16-12-10-15(11-13-16)20-27-21-17-7-3-4-8-18(17)25-23(30(21)28-20)26-19-9-5-6-14-24-22(19)31/h3-14H,1-2H3,(H,24,25,26,31). The van der Waals surface area contributed by atoms with E-state index in [4.69, 9.17) is 10.1 Å². The highest BCUT2D eigenvalue weighted by atomic mass is 16.1.